The topological polar surface area (TPSA) is 132 Å². The molecule has 0 unspecified atom stereocenters. The number of halogens is 2. The first-order valence-electron chi connectivity index (χ1n) is 6.85. The van der Waals surface area contributed by atoms with E-state index in [1.165, 1.54) is 6.20 Å². The lowest BCUT2D eigenvalue weighted by atomic mass is 9.99. The Kier molecular flexibility index (Phi) is 4.87. The molecule has 1 aromatic carbocycles. The first kappa shape index (κ1) is 17.6. The van der Waals surface area contributed by atoms with Gasteiger partial charge in [0, 0.05) is 15.1 Å². The minimum Gasteiger partial charge on any atom is -0.479 e. The molecule has 5 atom stereocenters. The van der Waals surface area contributed by atoms with E-state index in [0.29, 0.717) is 15.6 Å². The van der Waals surface area contributed by atoms with E-state index in [9.17, 15) is 20.1 Å². The number of aliphatic hydroxyl groups excluding tert-OH is 3. The van der Waals surface area contributed by atoms with Crippen LogP contribution in [0.3, 0.4) is 0 Å². The predicted octanol–water partition coefficient (Wildman–Crippen LogP) is 0.964. The molecular weight excluding hydrogens is 454 g/mol. The zero-order valence-electron chi connectivity index (χ0n) is 11.9. The number of rotatable bonds is 3. The van der Waals surface area contributed by atoms with E-state index in [-0.39, 0.29) is 0 Å². The van der Waals surface area contributed by atoms with Crippen molar-refractivity contribution in [1.29, 1.82) is 0 Å². The van der Waals surface area contributed by atoms with Crippen molar-refractivity contribution < 1.29 is 34.7 Å². The predicted molar refractivity (Wildman–Crippen MR) is 88.6 cm³/mol. The number of hydrogen-bond donors (Lipinski definition) is 5. The van der Waals surface area contributed by atoms with E-state index in [1.54, 1.807) is 6.07 Å². The summed E-state index contributed by atoms with van der Waals surface area (Å²) in [5.41, 5.74) is 0.729. The molecule has 1 saturated heterocycles. The lowest BCUT2D eigenvalue weighted by Crippen LogP contribution is -2.61. The van der Waals surface area contributed by atoms with Gasteiger partial charge < -0.3 is 34.9 Å². The Morgan fingerprint density at radius 1 is 1.17 bits per heavy atom. The van der Waals surface area contributed by atoms with Gasteiger partial charge in [0.05, 0.1) is 10.9 Å². The van der Waals surface area contributed by atoms with Crippen LogP contribution in [0.4, 0.5) is 0 Å². The fourth-order valence-corrected chi connectivity index (χ4v) is 3.94. The minimum absolute atomic E-state index is 0.293. The van der Waals surface area contributed by atoms with E-state index in [1.807, 2.05) is 6.07 Å². The van der Waals surface area contributed by atoms with E-state index >= 15 is 0 Å². The van der Waals surface area contributed by atoms with Gasteiger partial charge in [-0.3, -0.25) is 0 Å². The van der Waals surface area contributed by atoms with Crippen LogP contribution in [0.15, 0.2) is 27.3 Å². The fraction of sp³-hybridized carbons (Fsp3) is 0.357. The number of carbonyl (C=O) groups is 1. The van der Waals surface area contributed by atoms with Crippen molar-refractivity contribution in [2.45, 2.75) is 30.7 Å². The number of aromatic amines is 1. The van der Waals surface area contributed by atoms with E-state index < -0.39 is 36.7 Å². The highest BCUT2D eigenvalue weighted by atomic mass is 79.9. The molecule has 0 bridgehead atoms. The Hall–Kier alpha value is -1.17. The highest BCUT2D eigenvalue weighted by Crippen LogP contribution is 2.36. The van der Waals surface area contributed by atoms with Gasteiger partial charge in [0.25, 0.3) is 0 Å². The third kappa shape index (κ3) is 3.05. The number of aromatic nitrogens is 1. The van der Waals surface area contributed by atoms with Gasteiger partial charge in [-0.2, -0.15) is 0 Å². The second-order valence-electron chi connectivity index (χ2n) is 5.32. The van der Waals surface area contributed by atoms with E-state index in [4.69, 9.17) is 14.6 Å². The molecule has 0 spiro atoms. The van der Waals surface area contributed by atoms with Gasteiger partial charge in [0.2, 0.25) is 6.29 Å². The summed E-state index contributed by atoms with van der Waals surface area (Å²) < 4.78 is 12.2. The number of hydrogen-bond acceptors (Lipinski definition) is 6. The van der Waals surface area contributed by atoms with Crippen molar-refractivity contribution in [3.63, 3.8) is 0 Å². The molecular formula is C14H13Br2NO7. The second kappa shape index (κ2) is 6.62. The summed E-state index contributed by atoms with van der Waals surface area (Å²) in [5.74, 6) is -1.17. The van der Waals surface area contributed by atoms with Crippen LogP contribution in [0.1, 0.15) is 0 Å². The maximum Gasteiger partial charge on any atom is 0.335 e. The third-order valence-electron chi connectivity index (χ3n) is 3.72. The van der Waals surface area contributed by atoms with Crippen LogP contribution in [-0.2, 0) is 9.53 Å². The SMILES string of the molecule is O=C(O)[C@H]1O[C@@H](Oc2c[nH]c3cc(Br)cc(Br)c23)[C@H](O)[C@@H](O)[C@@H]1O. The number of carboxylic acid groups (broad SMARTS) is 1. The maximum atomic E-state index is 11.1. The molecule has 0 radical (unpaired) electrons. The van der Waals surface area contributed by atoms with Crippen molar-refractivity contribution in [2.24, 2.45) is 0 Å². The summed E-state index contributed by atoms with van der Waals surface area (Å²) in [6.07, 6.45) is -6.74. The molecule has 10 heteroatoms. The summed E-state index contributed by atoms with van der Waals surface area (Å²) in [7, 11) is 0. The molecule has 1 aromatic heterocycles. The molecule has 0 amide bonds. The lowest BCUT2D eigenvalue weighted by molar-refractivity contribution is -0.270. The van der Waals surface area contributed by atoms with Gasteiger partial charge in [-0.25, -0.2) is 4.79 Å². The molecule has 0 aliphatic carbocycles. The van der Waals surface area contributed by atoms with Crippen LogP contribution in [0.5, 0.6) is 5.75 Å². The van der Waals surface area contributed by atoms with Crippen LogP contribution >= 0.6 is 31.9 Å². The monoisotopic (exact) mass is 465 g/mol. The van der Waals surface area contributed by atoms with Crippen LogP contribution in [-0.4, -0.2) is 62.1 Å². The standard InChI is InChI=1S/C14H13Br2NO7/c15-4-1-5(16)8-6(2-4)17-3-7(8)23-14-11(20)9(18)10(19)12(24-14)13(21)22/h1-3,9-12,14,17-20H,(H,21,22)/t9-,10-,11+,12-,14+/m0/s1. The Morgan fingerprint density at radius 2 is 1.88 bits per heavy atom. The minimum atomic E-state index is -1.76. The smallest absolute Gasteiger partial charge is 0.335 e. The van der Waals surface area contributed by atoms with Crippen molar-refractivity contribution in [1.82, 2.24) is 4.98 Å². The number of benzene rings is 1. The molecule has 8 nitrogen and oxygen atoms in total. The second-order valence-corrected chi connectivity index (χ2v) is 7.09. The highest BCUT2D eigenvalue weighted by Gasteiger charge is 2.48. The number of H-pyrrole nitrogens is 1. The Labute approximate surface area is 152 Å². The number of nitrogens with one attached hydrogen (secondary N) is 1. The Morgan fingerprint density at radius 3 is 2.54 bits per heavy atom. The molecule has 1 aliphatic rings. The molecule has 5 N–H and O–H groups in total. The molecule has 1 fully saturated rings. The Balaban J connectivity index is 1.91. The Bertz CT molecular complexity index is 780. The molecule has 24 heavy (non-hydrogen) atoms. The molecule has 1 aliphatic heterocycles. The molecule has 3 rings (SSSR count). The van der Waals surface area contributed by atoms with E-state index in [2.05, 4.69) is 36.8 Å². The quantitative estimate of drug-likeness (QED) is 0.455. The number of aliphatic hydroxyl groups is 3. The average Bonchev–Trinajstić information content (AvgIpc) is 2.90. The molecule has 0 saturated carbocycles. The summed E-state index contributed by atoms with van der Waals surface area (Å²) >= 11 is 6.75. The van der Waals surface area contributed by atoms with Crippen LogP contribution < -0.4 is 4.74 Å². The summed E-state index contributed by atoms with van der Waals surface area (Å²) in [6, 6.07) is 3.60. The normalized spacial score (nSPS) is 30.5. The van der Waals surface area contributed by atoms with Gasteiger partial charge in [0.15, 0.2) is 6.10 Å². The zero-order valence-corrected chi connectivity index (χ0v) is 15.1. The third-order valence-corrected chi connectivity index (χ3v) is 4.80. The number of fused-ring (bicyclic) bond motifs is 1. The largest absolute Gasteiger partial charge is 0.479 e. The summed E-state index contributed by atoms with van der Waals surface area (Å²) in [4.78, 5) is 14.1. The first-order valence-corrected chi connectivity index (χ1v) is 8.43. The summed E-state index contributed by atoms with van der Waals surface area (Å²) in [5, 5.41) is 39.2. The summed E-state index contributed by atoms with van der Waals surface area (Å²) in [6.45, 7) is 0. The van der Waals surface area contributed by atoms with Crippen LogP contribution in [0, 0.1) is 0 Å². The van der Waals surface area contributed by atoms with Crippen LogP contribution in [0.25, 0.3) is 10.9 Å². The fourth-order valence-electron chi connectivity index (χ4n) is 2.52. The molecule has 2 heterocycles. The van der Waals surface area contributed by atoms with Gasteiger partial charge in [0.1, 0.15) is 24.1 Å². The van der Waals surface area contributed by atoms with Gasteiger partial charge in [-0.15, -0.1) is 0 Å². The first-order chi connectivity index (χ1) is 11.3. The number of ether oxygens (including phenoxy) is 2. The van der Waals surface area contributed by atoms with Gasteiger partial charge >= 0.3 is 5.97 Å². The van der Waals surface area contributed by atoms with Gasteiger partial charge in [-0.05, 0) is 28.1 Å². The van der Waals surface area contributed by atoms with Crippen molar-refractivity contribution in [2.75, 3.05) is 0 Å². The van der Waals surface area contributed by atoms with Crippen molar-refractivity contribution in [3.8, 4) is 5.75 Å². The molecule has 2 aromatic rings. The molecule has 130 valence electrons. The van der Waals surface area contributed by atoms with Gasteiger partial charge in [-0.1, -0.05) is 15.9 Å². The van der Waals surface area contributed by atoms with Crippen LogP contribution in [0.2, 0.25) is 0 Å². The maximum absolute atomic E-state index is 11.1. The number of aliphatic carboxylic acids is 1. The highest BCUT2D eigenvalue weighted by molar-refractivity contribution is 9.11. The van der Waals surface area contributed by atoms with Crippen molar-refractivity contribution >= 4 is 48.7 Å². The van der Waals surface area contributed by atoms with Crippen molar-refractivity contribution in [3.05, 3.63) is 27.3 Å². The zero-order chi connectivity index (χ0) is 17.6. The lowest BCUT2D eigenvalue weighted by Gasteiger charge is -2.38. The number of carboxylic acids is 1. The average molecular weight is 467 g/mol. The van der Waals surface area contributed by atoms with E-state index in [0.717, 1.165) is 9.99 Å².